The molecule has 1 aromatic rings. The molecule has 0 saturated heterocycles. The van der Waals surface area contributed by atoms with Crippen LogP contribution < -0.4 is 20.1 Å². The Morgan fingerprint density at radius 1 is 1.23 bits per heavy atom. The normalized spacial score (nSPS) is 15.4. The van der Waals surface area contributed by atoms with E-state index in [2.05, 4.69) is 20.3 Å². The van der Waals surface area contributed by atoms with Crippen LogP contribution in [0.1, 0.15) is 24.8 Å². The van der Waals surface area contributed by atoms with Gasteiger partial charge in [-0.1, -0.05) is 24.6 Å². The van der Waals surface area contributed by atoms with Gasteiger partial charge in [-0.3, -0.25) is 4.99 Å². The molecule has 26 heavy (non-hydrogen) atoms. The number of sulfonamides is 1. The van der Waals surface area contributed by atoms with Crippen molar-refractivity contribution >= 4 is 16.0 Å². The van der Waals surface area contributed by atoms with E-state index in [4.69, 9.17) is 4.74 Å². The van der Waals surface area contributed by atoms with Gasteiger partial charge in [-0.15, -0.1) is 0 Å². The molecule has 1 saturated carbocycles. The maximum atomic E-state index is 12.0. The fourth-order valence-electron chi connectivity index (χ4n) is 2.76. The number of nitrogens with one attached hydrogen (secondary N) is 3. The Bertz CT molecular complexity index is 687. The van der Waals surface area contributed by atoms with Crippen LogP contribution in [0.25, 0.3) is 0 Å². The highest BCUT2D eigenvalue weighted by Crippen LogP contribution is 2.25. The van der Waals surface area contributed by atoms with Crippen LogP contribution in [0.3, 0.4) is 0 Å². The van der Waals surface area contributed by atoms with Crippen LogP contribution in [-0.2, 0) is 16.4 Å². The van der Waals surface area contributed by atoms with Gasteiger partial charge in [0.15, 0.2) is 5.96 Å². The van der Waals surface area contributed by atoms with Crippen LogP contribution in [0, 0.1) is 5.92 Å². The molecule has 0 spiro atoms. The summed E-state index contributed by atoms with van der Waals surface area (Å²) >= 11 is 0. The van der Waals surface area contributed by atoms with Gasteiger partial charge in [0.2, 0.25) is 10.0 Å². The summed E-state index contributed by atoms with van der Waals surface area (Å²) in [7, 11) is 0.0863. The molecule has 0 aliphatic heterocycles. The molecule has 146 valence electrons. The zero-order valence-corrected chi connectivity index (χ0v) is 16.4. The van der Waals surface area contributed by atoms with Gasteiger partial charge in [-0.25, -0.2) is 13.1 Å². The smallest absolute Gasteiger partial charge is 0.213 e. The lowest BCUT2D eigenvalue weighted by molar-refractivity contribution is 0.316. The monoisotopic (exact) mass is 382 g/mol. The van der Waals surface area contributed by atoms with Crippen molar-refractivity contribution in [2.45, 2.75) is 25.7 Å². The van der Waals surface area contributed by atoms with Crippen LogP contribution in [0.5, 0.6) is 5.75 Å². The fraction of sp³-hybridized carbons (Fsp3) is 0.611. The Kier molecular flexibility index (Phi) is 8.18. The molecule has 0 radical (unpaired) electrons. The van der Waals surface area contributed by atoms with E-state index in [1.165, 1.54) is 6.42 Å². The second-order valence-electron chi connectivity index (χ2n) is 6.45. The van der Waals surface area contributed by atoms with Gasteiger partial charge >= 0.3 is 0 Å². The van der Waals surface area contributed by atoms with Crippen LogP contribution in [0.4, 0.5) is 0 Å². The third kappa shape index (κ3) is 6.84. The number of nitrogens with zero attached hydrogens (tertiary/aromatic N) is 1. The molecule has 0 aromatic heterocycles. The summed E-state index contributed by atoms with van der Waals surface area (Å²) in [5.41, 5.74) is 1.11. The lowest BCUT2D eigenvalue weighted by atomic mass is 9.86. The minimum atomic E-state index is -3.24. The largest absolute Gasteiger partial charge is 0.496 e. The summed E-state index contributed by atoms with van der Waals surface area (Å²) in [5.74, 6) is 2.00. The number of guanidine groups is 1. The summed E-state index contributed by atoms with van der Waals surface area (Å²) in [5, 5.41) is 6.24. The molecule has 0 unspecified atom stereocenters. The number of para-hydroxylation sites is 1. The van der Waals surface area contributed by atoms with E-state index in [9.17, 15) is 8.42 Å². The molecule has 3 N–H and O–H groups in total. The van der Waals surface area contributed by atoms with Crippen molar-refractivity contribution in [3.63, 3.8) is 0 Å². The summed E-state index contributed by atoms with van der Waals surface area (Å²) < 4.78 is 32.0. The van der Waals surface area contributed by atoms with Crippen molar-refractivity contribution < 1.29 is 13.2 Å². The highest BCUT2D eigenvalue weighted by molar-refractivity contribution is 7.89. The molecule has 1 fully saturated rings. The van der Waals surface area contributed by atoms with E-state index < -0.39 is 10.0 Å². The molecule has 2 rings (SSSR count). The van der Waals surface area contributed by atoms with Crippen LogP contribution >= 0.6 is 0 Å². The van der Waals surface area contributed by atoms with E-state index in [0.717, 1.165) is 30.6 Å². The zero-order valence-electron chi connectivity index (χ0n) is 15.6. The van der Waals surface area contributed by atoms with Gasteiger partial charge in [0.1, 0.15) is 5.75 Å². The zero-order chi connectivity index (χ0) is 18.8. The SMILES string of the molecule is CN=C(NCCc1ccccc1OC)NCCS(=O)(=O)NCC1CCC1. The lowest BCUT2D eigenvalue weighted by Gasteiger charge is -2.25. The number of rotatable bonds is 10. The van der Waals surface area contributed by atoms with Crippen molar-refractivity contribution in [2.75, 3.05) is 39.5 Å². The van der Waals surface area contributed by atoms with Gasteiger partial charge in [-0.2, -0.15) is 0 Å². The predicted molar refractivity (Wildman–Crippen MR) is 105 cm³/mol. The number of ether oxygens (including phenoxy) is 1. The Morgan fingerprint density at radius 3 is 2.62 bits per heavy atom. The quantitative estimate of drug-likeness (QED) is 0.417. The number of benzene rings is 1. The van der Waals surface area contributed by atoms with E-state index in [-0.39, 0.29) is 5.75 Å². The minimum absolute atomic E-state index is 0.0347. The van der Waals surface area contributed by atoms with Crippen molar-refractivity contribution in [1.82, 2.24) is 15.4 Å². The summed E-state index contributed by atoms with van der Waals surface area (Å²) in [6.45, 7) is 1.55. The van der Waals surface area contributed by atoms with Crippen molar-refractivity contribution in [3.05, 3.63) is 29.8 Å². The molecule has 0 bridgehead atoms. The average molecular weight is 383 g/mol. The predicted octanol–water partition coefficient (Wildman–Crippen LogP) is 1.12. The van der Waals surface area contributed by atoms with Gasteiger partial charge < -0.3 is 15.4 Å². The fourth-order valence-corrected chi connectivity index (χ4v) is 3.77. The highest BCUT2D eigenvalue weighted by Gasteiger charge is 2.20. The number of hydrogen-bond donors (Lipinski definition) is 3. The first-order valence-corrected chi connectivity index (χ1v) is 10.7. The third-order valence-corrected chi connectivity index (χ3v) is 5.93. The topological polar surface area (TPSA) is 91.8 Å². The summed E-state index contributed by atoms with van der Waals surface area (Å²) in [6.07, 6.45) is 4.25. The molecular formula is C18H30N4O3S. The molecule has 0 heterocycles. The summed E-state index contributed by atoms with van der Waals surface area (Å²) in [4.78, 5) is 4.13. The number of aliphatic imine (C=N–C) groups is 1. The third-order valence-electron chi connectivity index (χ3n) is 4.58. The van der Waals surface area contributed by atoms with Gasteiger partial charge in [0.25, 0.3) is 0 Å². The standard InChI is InChI=1S/C18H30N4O3S/c1-19-18(20-11-10-16-8-3-4-9-17(16)25-2)21-12-13-26(23,24)22-14-15-6-5-7-15/h3-4,8-9,15,22H,5-7,10-14H2,1-2H3,(H2,19,20,21). The molecule has 1 aliphatic carbocycles. The van der Waals surface area contributed by atoms with E-state index in [1.807, 2.05) is 24.3 Å². The second kappa shape index (κ2) is 10.4. The first-order valence-electron chi connectivity index (χ1n) is 9.08. The summed E-state index contributed by atoms with van der Waals surface area (Å²) in [6, 6.07) is 7.88. The molecular weight excluding hydrogens is 352 g/mol. The van der Waals surface area contributed by atoms with Crippen molar-refractivity contribution in [1.29, 1.82) is 0 Å². The molecule has 1 aromatic carbocycles. The minimum Gasteiger partial charge on any atom is -0.496 e. The molecule has 1 aliphatic rings. The first kappa shape index (κ1) is 20.5. The van der Waals surface area contributed by atoms with Gasteiger partial charge in [0, 0.05) is 26.7 Å². The Labute approximate surface area is 156 Å². The highest BCUT2D eigenvalue weighted by atomic mass is 32.2. The Balaban J connectivity index is 1.67. The lowest BCUT2D eigenvalue weighted by Crippen LogP contribution is -2.42. The number of hydrogen-bond acceptors (Lipinski definition) is 4. The van der Waals surface area contributed by atoms with Gasteiger partial charge in [-0.05, 0) is 36.8 Å². The van der Waals surface area contributed by atoms with Crippen LogP contribution in [-0.4, -0.2) is 53.9 Å². The molecule has 8 heteroatoms. The van der Waals surface area contributed by atoms with E-state index >= 15 is 0 Å². The Morgan fingerprint density at radius 2 is 1.96 bits per heavy atom. The average Bonchev–Trinajstić information content (AvgIpc) is 2.59. The van der Waals surface area contributed by atoms with E-state index in [1.54, 1.807) is 14.2 Å². The van der Waals surface area contributed by atoms with Gasteiger partial charge in [0.05, 0.1) is 12.9 Å². The molecule has 0 amide bonds. The van der Waals surface area contributed by atoms with Crippen molar-refractivity contribution in [3.8, 4) is 5.75 Å². The van der Waals surface area contributed by atoms with Crippen LogP contribution in [0.15, 0.2) is 29.3 Å². The van der Waals surface area contributed by atoms with Crippen LogP contribution in [0.2, 0.25) is 0 Å². The molecule has 0 atom stereocenters. The van der Waals surface area contributed by atoms with E-state index in [0.29, 0.717) is 31.5 Å². The maximum absolute atomic E-state index is 12.0. The maximum Gasteiger partial charge on any atom is 0.213 e. The molecule has 7 nitrogen and oxygen atoms in total. The Hall–Kier alpha value is -1.80. The first-order chi connectivity index (χ1) is 12.5. The number of methoxy groups -OCH3 is 1. The van der Waals surface area contributed by atoms with Crippen molar-refractivity contribution in [2.24, 2.45) is 10.9 Å². The second-order valence-corrected chi connectivity index (χ2v) is 8.38.